The number of carbonyl (C=O) groups excluding carboxylic acids is 2. The maximum Gasteiger partial charge on any atom is 0.253 e. The molecule has 2 atom stereocenters. The fourth-order valence-electron chi connectivity index (χ4n) is 4.22. The van der Waals surface area contributed by atoms with Crippen LogP contribution in [0.4, 0.5) is 0 Å². The number of ether oxygens (including phenoxy) is 1. The van der Waals surface area contributed by atoms with Gasteiger partial charge in [0.2, 0.25) is 5.91 Å². The third-order valence-corrected chi connectivity index (χ3v) is 6.10. The largest absolute Gasteiger partial charge is 0.497 e. The number of benzene rings is 3. The standard InChI is InChI=1S/C27H28N2O3/c1-19-8-10-22(11-9-19)27(31)29-17-24(21-12-14-23(32-2)15-13-21)25(18-29)26(30)28-16-20-6-4-3-5-7-20/h3-15,24-25H,16-18H2,1-2H3,(H,28,30)/t24-,25-/m0/s1. The average molecular weight is 429 g/mol. The van der Waals surface area contributed by atoms with Crippen molar-refractivity contribution in [3.05, 3.63) is 101 Å². The summed E-state index contributed by atoms with van der Waals surface area (Å²) in [6, 6.07) is 25.2. The molecule has 0 saturated carbocycles. The normalized spacial score (nSPS) is 17.8. The van der Waals surface area contributed by atoms with E-state index in [4.69, 9.17) is 4.74 Å². The van der Waals surface area contributed by atoms with E-state index in [1.54, 1.807) is 12.0 Å². The average Bonchev–Trinajstić information content (AvgIpc) is 3.29. The van der Waals surface area contributed by atoms with Crippen LogP contribution in [0.2, 0.25) is 0 Å². The van der Waals surface area contributed by atoms with Crippen LogP contribution in [0.1, 0.15) is 33.0 Å². The topological polar surface area (TPSA) is 58.6 Å². The molecule has 0 aliphatic carbocycles. The van der Waals surface area contributed by atoms with Crippen LogP contribution in [0.15, 0.2) is 78.9 Å². The first kappa shape index (κ1) is 21.6. The lowest BCUT2D eigenvalue weighted by molar-refractivity contribution is -0.125. The van der Waals surface area contributed by atoms with Crippen molar-refractivity contribution in [3.8, 4) is 5.75 Å². The summed E-state index contributed by atoms with van der Waals surface area (Å²) in [4.78, 5) is 28.2. The van der Waals surface area contributed by atoms with Crippen LogP contribution >= 0.6 is 0 Å². The monoisotopic (exact) mass is 428 g/mol. The lowest BCUT2D eigenvalue weighted by Gasteiger charge is -2.18. The van der Waals surface area contributed by atoms with Gasteiger partial charge in [0.15, 0.2) is 0 Å². The number of rotatable bonds is 6. The molecule has 0 radical (unpaired) electrons. The summed E-state index contributed by atoms with van der Waals surface area (Å²) in [5.41, 5.74) is 3.84. The molecule has 1 fully saturated rings. The number of carbonyl (C=O) groups is 2. The van der Waals surface area contributed by atoms with E-state index in [-0.39, 0.29) is 23.7 Å². The van der Waals surface area contributed by atoms with Crippen molar-refractivity contribution < 1.29 is 14.3 Å². The van der Waals surface area contributed by atoms with Crippen LogP contribution in [0.3, 0.4) is 0 Å². The van der Waals surface area contributed by atoms with E-state index >= 15 is 0 Å². The van der Waals surface area contributed by atoms with Crippen LogP contribution in [0.25, 0.3) is 0 Å². The van der Waals surface area contributed by atoms with Gasteiger partial charge < -0.3 is 15.0 Å². The molecule has 0 spiro atoms. The smallest absolute Gasteiger partial charge is 0.253 e. The highest BCUT2D eigenvalue weighted by Gasteiger charge is 2.40. The third kappa shape index (κ3) is 4.83. The van der Waals surface area contributed by atoms with Crippen LogP contribution in [-0.2, 0) is 11.3 Å². The predicted molar refractivity (Wildman–Crippen MR) is 125 cm³/mol. The Morgan fingerprint density at radius 2 is 1.62 bits per heavy atom. The van der Waals surface area contributed by atoms with Gasteiger partial charge in [0.05, 0.1) is 13.0 Å². The van der Waals surface area contributed by atoms with E-state index in [0.29, 0.717) is 25.2 Å². The van der Waals surface area contributed by atoms with Gasteiger partial charge in [-0.3, -0.25) is 9.59 Å². The fourth-order valence-corrected chi connectivity index (χ4v) is 4.22. The van der Waals surface area contributed by atoms with Gasteiger partial charge in [-0.25, -0.2) is 0 Å². The summed E-state index contributed by atoms with van der Waals surface area (Å²) in [5.74, 6) is 0.299. The number of aryl methyl sites for hydroxylation is 1. The maximum absolute atomic E-state index is 13.2. The third-order valence-electron chi connectivity index (χ3n) is 6.10. The molecule has 2 amide bonds. The number of hydrogen-bond donors (Lipinski definition) is 1. The van der Waals surface area contributed by atoms with Crippen molar-refractivity contribution >= 4 is 11.8 Å². The van der Waals surface area contributed by atoms with Crippen molar-refractivity contribution in [2.24, 2.45) is 5.92 Å². The Morgan fingerprint density at radius 1 is 0.938 bits per heavy atom. The number of hydrogen-bond acceptors (Lipinski definition) is 3. The highest BCUT2D eigenvalue weighted by Crippen LogP contribution is 2.34. The first-order valence-electron chi connectivity index (χ1n) is 10.9. The Bertz CT molecular complexity index is 1060. The molecule has 1 N–H and O–H groups in total. The lowest BCUT2D eigenvalue weighted by Crippen LogP contribution is -2.35. The van der Waals surface area contributed by atoms with Gasteiger partial charge in [-0.15, -0.1) is 0 Å². The van der Waals surface area contributed by atoms with Crippen molar-refractivity contribution in [2.75, 3.05) is 20.2 Å². The quantitative estimate of drug-likeness (QED) is 0.641. The van der Waals surface area contributed by atoms with Crippen molar-refractivity contribution in [2.45, 2.75) is 19.4 Å². The highest BCUT2D eigenvalue weighted by molar-refractivity contribution is 5.95. The molecular weight excluding hydrogens is 400 g/mol. The number of amides is 2. The minimum atomic E-state index is -0.318. The van der Waals surface area contributed by atoms with Crippen LogP contribution in [-0.4, -0.2) is 36.9 Å². The molecule has 5 heteroatoms. The Labute approximate surface area is 189 Å². The summed E-state index contributed by atoms with van der Waals surface area (Å²) >= 11 is 0. The molecular formula is C27H28N2O3. The Hall–Kier alpha value is -3.60. The second-order valence-electron chi connectivity index (χ2n) is 8.27. The molecule has 3 aromatic rings. The van der Waals surface area contributed by atoms with Gasteiger partial charge in [-0.2, -0.15) is 0 Å². The Balaban J connectivity index is 1.54. The first-order chi connectivity index (χ1) is 15.5. The summed E-state index contributed by atoms with van der Waals surface area (Å²) in [7, 11) is 1.63. The van der Waals surface area contributed by atoms with E-state index in [9.17, 15) is 9.59 Å². The van der Waals surface area contributed by atoms with Gasteiger partial charge in [0.1, 0.15) is 5.75 Å². The zero-order chi connectivity index (χ0) is 22.5. The molecule has 0 bridgehead atoms. The van der Waals surface area contributed by atoms with E-state index in [1.807, 2.05) is 85.8 Å². The van der Waals surface area contributed by atoms with Gasteiger partial charge in [0, 0.05) is 31.1 Å². The Kier molecular flexibility index (Phi) is 6.55. The second kappa shape index (κ2) is 9.69. The van der Waals surface area contributed by atoms with Gasteiger partial charge in [0.25, 0.3) is 5.91 Å². The summed E-state index contributed by atoms with van der Waals surface area (Å²) < 4.78 is 5.28. The molecule has 3 aromatic carbocycles. The van der Waals surface area contributed by atoms with Crippen LogP contribution in [0.5, 0.6) is 5.75 Å². The molecule has 1 aliphatic heterocycles. The number of nitrogens with one attached hydrogen (secondary N) is 1. The predicted octanol–water partition coefficient (Wildman–Crippen LogP) is 4.18. The number of nitrogens with zero attached hydrogens (tertiary/aromatic N) is 1. The fraction of sp³-hybridized carbons (Fsp3) is 0.259. The molecule has 0 aromatic heterocycles. The van der Waals surface area contributed by atoms with E-state index in [0.717, 1.165) is 22.4 Å². The molecule has 32 heavy (non-hydrogen) atoms. The highest BCUT2D eigenvalue weighted by atomic mass is 16.5. The van der Waals surface area contributed by atoms with Gasteiger partial charge in [-0.1, -0.05) is 60.2 Å². The zero-order valence-corrected chi connectivity index (χ0v) is 18.5. The zero-order valence-electron chi connectivity index (χ0n) is 18.5. The molecule has 5 nitrogen and oxygen atoms in total. The van der Waals surface area contributed by atoms with E-state index < -0.39 is 0 Å². The molecule has 1 saturated heterocycles. The maximum atomic E-state index is 13.2. The van der Waals surface area contributed by atoms with E-state index in [2.05, 4.69) is 5.32 Å². The van der Waals surface area contributed by atoms with E-state index in [1.165, 1.54) is 0 Å². The summed E-state index contributed by atoms with van der Waals surface area (Å²) in [5, 5.41) is 3.07. The van der Waals surface area contributed by atoms with Crippen LogP contribution in [0, 0.1) is 12.8 Å². The minimum absolute atomic E-state index is 0.0334. The van der Waals surface area contributed by atoms with Gasteiger partial charge in [-0.05, 0) is 42.3 Å². The van der Waals surface area contributed by atoms with Crippen molar-refractivity contribution in [3.63, 3.8) is 0 Å². The van der Waals surface area contributed by atoms with Crippen molar-refractivity contribution in [1.82, 2.24) is 10.2 Å². The van der Waals surface area contributed by atoms with Crippen molar-refractivity contribution in [1.29, 1.82) is 0 Å². The minimum Gasteiger partial charge on any atom is -0.497 e. The SMILES string of the molecule is COc1ccc([C@@H]2CN(C(=O)c3ccc(C)cc3)C[C@@H]2C(=O)NCc2ccccc2)cc1. The molecule has 1 heterocycles. The summed E-state index contributed by atoms with van der Waals surface area (Å²) in [6.45, 7) is 3.36. The molecule has 0 unspecified atom stereocenters. The van der Waals surface area contributed by atoms with Gasteiger partial charge >= 0.3 is 0 Å². The second-order valence-corrected chi connectivity index (χ2v) is 8.27. The first-order valence-corrected chi connectivity index (χ1v) is 10.9. The molecule has 1 aliphatic rings. The molecule has 164 valence electrons. The lowest BCUT2D eigenvalue weighted by atomic mass is 9.88. The Morgan fingerprint density at radius 3 is 2.28 bits per heavy atom. The van der Waals surface area contributed by atoms with Crippen LogP contribution < -0.4 is 10.1 Å². The number of likely N-dealkylation sites (tertiary alicyclic amines) is 1. The number of methoxy groups -OCH3 is 1. The summed E-state index contributed by atoms with van der Waals surface area (Å²) in [6.07, 6.45) is 0. The molecule has 4 rings (SSSR count).